The van der Waals surface area contributed by atoms with Gasteiger partial charge in [-0.1, -0.05) is 42.5 Å². The van der Waals surface area contributed by atoms with Crippen LogP contribution < -0.4 is 4.74 Å². The minimum absolute atomic E-state index is 0.00103. The van der Waals surface area contributed by atoms with Crippen LogP contribution in [0.25, 0.3) is 0 Å². The normalized spacial score (nSPS) is 13.8. The molecule has 2 rings (SSSR count). The fourth-order valence-corrected chi connectivity index (χ4v) is 2.36. The predicted octanol–water partition coefficient (Wildman–Crippen LogP) is 3.79. The molecule has 2 aromatic rings. The molecule has 0 amide bonds. The van der Waals surface area contributed by atoms with Gasteiger partial charge in [0.15, 0.2) is 0 Å². The lowest BCUT2D eigenvalue weighted by molar-refractivity contribution is 0.167. The molecule has 0 aliphatic heterocycles. The summed E-state index contributed by atoms with van der Waals surface area (Å²) >= 11 is 4.57. The SMILES string of the molecule is COc1ccc([C@@H](S)C[C@H](O)c2ccccc2)cc1. The van der Waals surface area contributed by atoms with Crippen molar-refractivity contribution >= 4 is 12.6 Å². The van der Waals surface area contributed by atoms with E-state index in [0.29, 0.717) is 6.42 Å². The Morgan fingerprint density at radius 1 is 1.00 bits per heavy atom. The molecule has 0 saturated carbocycles. The molecular weight excluding hydrogens is 256 g/mol. The van der Waals surface area contributed by atoms with E-state index in [1.165, 1.54) is 0 Å². The standard InChI is InChI=1S/C16H18O2S/c1-18-14-9-7-13(8-10-14)16(19)11-15(17)12-5-3-2-4-6-12/h2-10,15-17,19H,11H2,1H3/t15-,16-/m0/s1. The van der Waals surface area contributed by atoms with Crippen LogP contribution in [0.2, 0.25) is 0 Å². The van der Waals surface area contributed by atoms with Gasteiger partial charge < -0.3 is 9.84 Å². The Morgan fingerprint density at radius 2 is 1.63 bits per heavy atom. The second-order valence-corrected chi connectivity index (χ2v) is 5.07. The first-order chi connectivity index (χ1) is 9.20. The molecule has 0 aliphatic rings. The van der Waals surface area contributed by atoms with E-state index in [-0.39, 0.29) is 5.25 Å². The van der Waals surface area contributed by atoms with Crippen LogP contribution in [0.1, 0.15) is 28.9 Å². The van der Waals surface area contributed by atoms with E-state index < -0.39 is 6.10 Å². The summed E-state index contributed by atoms with van der Waals surface area (Å²) < 4.78 is 5.13. The molecule has 0 spiro atoms. The van der Waals surface area contributed by atoms with Gasteiger partial charge in [-0.15, -0.1) is 0 Å². The third-order valence-corrected chi connectivity index (χ3v) is 3.64. The molecule has 0 aliphatic carbocycles. The first kappa shape index (κ1) is 14.0. The lowest BCUT2D eigenvalue weighted by Gasteiger charge is -2.16. The summed E-state index contributed by atoms with van der Waals surface area (Å²) in [7, 11) is 1.65. The topological polar surface area (TPSA) is 29.5 Å². The maximum atomic E-state index is 10.2. The van der Waals surface area contributed by atoms with Gasteiger partial charge in [-0.3, -0.25) is 0 Å². The molecule has 0 fully saturated rings. The zero-order valence-corrected chi connectivity index (χ0v) is 11.8. The highest BCUT2D eigenvalue weighted by Crippen LogP contribution is 2.31. The molecule has 2 atom stereocenters. The summed E-state index contributed by atoms with van der Waals surface area (Å²) in [5.74, 6) is 0.827. The quantitative estimate of drug-likeness (QED) is 0.812. The highest BCUT2D eigenvalue weighted by molar-refractivity contribution is 7.80. The predicted molar refractivity (Wildman–Crippen MR) is 80.7 cm³/mol. The van der Waals surface area contributed by atoms with Crippen molar-refractivity contribution < 1.29 is 9.84 Å². The van der Waals surface area contributed by atoms with Crippen LogP contribution in [0.4, 0.5) is 0 Å². The first-order valence-corrected chi connectivity index (χ1v) is 6.77. The highest BCUT2D eigenvalue weighted by Gasteiger charge is 2.14. The molecule has 0 heterocycles. The molecule has 1 N–H and O–H groups in total. The minimum Gasteiger partial charge on any atom is -0.497 e. The number of methoxy groups -OCH3 is 1. The van der Waals surface area contributed by atoms with Crippen LogP contribution >= 0.6 is 12.6 Å². The lowest BCUT2D eigenvalue weighted by Crippen LogP contribution is -2.02. The molecule has 0 unspecified atom stereocenters. The zero-order chi connectivity index (χ0) is 13.7. The Labute approximate surface area is 119 Å². The van der Waals surface area contributed by atoms with Gasteiger partial charge in [-0.25, -0.2) is 0 Å². The monoisotopic (exact) mass is 274 g/mol. The van der Waals surface area contributed by atoms with Gasteiger partial charge in [0.2, 0.25) is 0 Å². The molecule has 0 saturated heterocycles. The molecular formula is C16H18O2S. The van der Waals surface area contributed by atoms with Gasteiger partial charge in [-0.2, -0.15) is 12.6 Å². The van der Waals surface area contributed by atoms with Crippen LogP contribution in [0.5, 0.6) is 5.75 Å². The summed E-state index contributed by atoms with van der Waals surface area (Å²) in [5.41, 5.74) is 2.01. The van der Waals surface area contributed by atoms with Crippen LogP contribution in [-0.4, -0.2) is 12.2 Å². The van der Waals surface area contributed by atoms with E-state index >= 15 is 0 Å². The van der Waals surface area contributed by atoms with Gasteiger partial charge in [-0.05, 0) is 29.7 Å². The zero-order valence-electron chi connectivity index (χ0n) is 10.9. The van der Waals surface area contributed by atoms with Gasteiger partial charge in [0, 0.05) is 5.25 Å². The maximum Gasteiger partial charge on any atom is 0.118 e. The van der Waals surface area contributed by atoms with Crippen molar-refractivity contribution in [1.29, 1.82) is 0 Å². The third-order valence-electron chi connectivity index (χ3n) is 3.13. The van der Waals surface area contributed by atoms with Crippen molar-refractivity contribution in [2.45, 2.75) is 17.8 Å². The number of aliphatic hydroxyl groups is 1. The Morgan fingerprint density at radius 3 is 2.21 bits per heavy atom. The van der Waals surface area contributed by atoms with Crippen LogP contribution in [-0.2, 0) is 0 Å². The number of rotatable bonds is 5. The van der Waals surface area contributed by atoms with Crippen LogP contribution in [0.15, 0.2) is 54.6 Å². The smallest absolute Gasteiger partial charge is 0.118 e. The molecule has 0 bridgehead atoms. The van der Waals surface area contributed by atoms with Crippen molar-refractivity contribution in [2.24, 2.45) is 0 Å². The fourth-order valence-electron chi connectivity index (χ4n) is 1.98. The minimum atomic E-state index is -0.495. The number of hydrogen-bond acceptors (Lipinski definition) is 3. The van der Waals surface area contributed by atoms with Gasteiger partial charge in [0.1, 0.15) is 5.75 Å². The summed E-state index contributed by atoms with van der Waals surface area (Å²) in [4.78, 5) is 0. The maximum absolute atomic E-state index is 10.2. The third kappa shape index (κ3) is 3.75. The number of aliphatic hydroxyl groups excluding tert-OH is 1. The summed E-state index contributed by atoms with van der Waals surface area (Å²) in [5, 5.41) is 10.2. The van der Waals surface area contributed by atoms with Crippen molar-refractivity contribution in [3.8, 4) is 5.75 Å². The van der Waals surface area contributed by atoms with E-state index in [1.54, 1.807) is 7.11 Å². The molecule has 3 heteroatoms. The molecule has 19 heavy (non-hydrogen) atoms. The Balaban J connectivity index is 2.02. The summed E-state index contributed by atoms with van der Waals surface area (Å²) in [6, 6.07) is 17.4. The first-order valence-electron chi connectivity index (χ1n) is 6.25. The van der Waals surface area contributed by atoms with E-state index in [1.807, 2.05) is 54.6 Å². The largest absolute Gasteiger partial charge is 0.497 e. The van der Waals surface area contributed by atoms with Crippen LogP contribution in [0.3, 0.4) is 0 Å². The van der Waals surface area contributed by atoms with Crippen molar-refractivity contribution in [3.63, 3.8) is 0 Å². The van der Waals surface area contributed by atoms with E-state index in [9.17, 15) is 5.11 Å². The number of hydrogen-bond donors (Lipinski definition) is 2. The second-order valence-electron chi connectivity index (χ2n) is 4.45. The Bertz CT molecular complexity index is 496. The second kappa shape index (κ2) is 6.64. The molecule has 100 valence electrons. The fraction of sp³-hybridized carbons (Fsp3) is 0.250. The summed E-state index contributed by atoms with van der Waals surface area (Å²) in [6.45, 7) is 0. The highest BCUT2D eigenvalue weighted by atomic mass is 32.1. The summed E-state index contributed by atoms with van der Waals surface area (Å²) in [6.07, 6.45) is 0.0882. The number of benzene rings is 2. The van der Waals surface area contributed by atoms with Crippen molar-refractivity contribution in [2.75, 3.05) is 7.11 Å². The van der Waals surface area contributed by atoms with Crippen molar-refractivity contribution in [1.82, 2.24) is 0 Å². The van der Waals surface area contributed by atoms with E-state index in [4.69, 9.17) is 4.74 Å². The van der Waals surface area contributed by atoms with Gasteiger partial charge in [0.25, 0.3) is 0 Å². The van der Waals surface area contributed by atoms with Crippen LogP contribution in [0, 0.1) is 0 Å². The Kier molecular flexibility index (Phi) is 4.88. The molecule has 2 aromatic carbocycles. The molecule has 0 aromatic heterocycles. The average Bonchev–Trinajstić information content (AvgIpc) is 2.48. The average molecular weight is 274 g/mol. The molecule has 0 radical (unpaired) electrons. The Hall–Kier alpha value is -1.45. The van der Waals surface area contributed by atoms with E-state index in [0.717, 1.165) is 16.9 Å². The van der Waals surface area contributed by atoms with Gasteiger partial charge in [0.05, 0.1) is 13.2 Å². The number of ether oxygens (including phenoxy) is 1. The molecule has 2 nitrogen and oxygen atoms in total. The van der Waals surface area contributed by atoms with Crippen molar-refractivity contribution in [3.05, 3.63) is 65.7 Å². The number of thiol groups is 1. The van der Waals surface area contributed by atoms with Gasteiger partial charge >= 0.3 is 0 Å². The van der Waals surface area contributed by atoms with E-state index in [2.05, 4.69) is 12.6 Å². The lowest BCUT2D eigenvalue weighted by atomic mass is 10.0.